The zero-order valence-electron chi connectivity index (χ0n) is 9.55. The van der Waals surface area contributed by atoms with Crippen LogP contribution < -0.4 is 16.2 Å². The molecule has 1 fully saturated rings. The van der Waals surface area contributed by atoms with Crippen LogP contribution in [-0.4, -0.2) is 29.6 Å². The topological polar surface area (TPSA) is 69.8 Å². The van der Waals surface area contributed by atoms with Gasteiger partial charge in [0.2, 0.25) is 0 Å². The van der Waals surface area contributed by atoms with Gasteiger partial charge in [0.05, 0.1) is 0 Å². The third kappa shape index (κ3) is 2.61. The molecular weight excluding hydrogens is 204 g/mol. The zero-order valence-corrected chi connectivity index (χ0v) is 9.55. The molecule has 0 spiro atoms. The number of anilines is 1. The summed E-state index contributed by atoms with van der Waals surface area (Å²) in [6.07, 6.45) is 5.39. The number of piperidine rings is 1. The molecule has 0 saturated carbocycles. The molecule has 2 rings (SSSR count). The van der Waals surface area contributed by atoms with Crippen molar-refractivity contribution in [3.05, 3.63) is 22.7 Å². The number of nitrogens with zero attached hydrogens (tertiary/aromatic N) is 1. The molecule has 0 unspecified atom stereocenters. The maximum Gasteiger partial charge on any atom is 0.290 e. The third-order valence-electron chi connectivity index (χ3n) is 3.20. The Morgan fingerprint density at radius 1 is 1.50 bits per heavy atom. The zero-order chi connectivity index (χ0) is 11.4. The van der Waals surface area contributed by atoms with Gasteiger partial charge in [0.25, 0.3) is 5.56 Å². The van der Waals surface area contributed by atoms with Gasteiger partial charge in [0, 0.05) is 18.9 Å². The van der Waals surface area contributed by atoms with Crippen LogP contribution in [0.2, 0.25) is 0 Å². The second kappa shape index (κ2) is 4.65. The summed E-state index contributed by atoms with van der Waals surface area (Å²) in [6.45, 7) is 5.15. The Bertz CT molecular complexity index is 395. The fraction of sp³-hybridized carbons (Fsp3) is 0.636. The lowest BCUT2D eigenvalue weighted by molar-refractivity contribution is 0.247. The molecule has 1 aliphatic rings. The molecule has 5 nitrogen and oxygen atoms in total. The molecule has 3 N–H and O–H groups in total. The Morgan fingerprint density at radius 3 is 2.94 bits per heavy atom. The first kappa shape index (κ1) is 11.1. The summed E-state index contributed by atoms with van der Waals surface area (Å²) < 4.78 is 0. The molecular formula is C11H18N4O. The molecule has 1 aromatic rings. The molecule has 0 radical (unpaired) electrons. The maximum absolute atomic E-state index is 11.4. The molecule has 0 aromatic carbocycles. The molecule has 1 aromatic heterocycles. The largest absolute Gasteiger partial charge is 0.365 e. The smallest absolute Gasteiger partial charge is 0.290 e. The van der Waals surface area contributed by atoms with Crippen molar-refractivity contribution in [1.82, 2.24) is 15.3 Å². The van der Waals surface area contributed by atoms with Crippen LogP contribution in [0.1, 0.15) is 19.8 Å². The first-order chi connectivity index (χ1) is 7.70. The van der Waals surface area contributed by atoms with Crippen LogP contribution >= 0.6 is 0 Å². The minimum atomic E-state index is -0.153. The SMILES string of the molecule is CC1(CNc2ncc[nH]c2=O)CCNCC1. The molecule has 5 heteroatoms. The van der Waals surface area contributed by atoms with Crippen molar-refractivity contribution in [1.29, 1.82) is 0 Å². The average Bonchev–Trinajstić information content (AvgIpc) is 2.29. The Hall–Kier alpha value is -1.36. The van der Waals surface area contributed by atoms with E-state index in [1.54, 1.807) is 12.4 Å². The quantitative estimate of drug-likeness (QED) is 0.699. The molecule has 0 amide bonds. The minimum Gasteiger partial charge on any atom is -0.365 e. The van der Waals surface area contributed by atoms with Gasteiger partial charge in [-0.25, -0.2) is 4.98 Å². The fourth-order valence-corrected chi connectivity index (χ4v) is 1.98. The van der Waals surface area contributed by atoms with Crippen LogP contribution in [-0.2, 0) is 0 Å². The third-order valence-corrected chi connectivity index (χ3v) is 3.20. The van der Waals surface area contributed by atoms with Crippen LogP contribution in [0.25, 0.3) is 0 Å². The van der Waals surface area contributed by atoms with E-state index in [4.69, 9.17) is 0 Å². The van der Waals surface area contributed by atoms with E-state index in [0.29, 0.717) is 5.82 Å². The van der Waals surface area contributed by atoms with E-state index in [9.17, 15) is 4.79 Å². The van der Waals surface area contributed by atoms with Crippen LogP contribution in [0.3, 0.4) is 0 Å². The number of nitrogens with one attached hydrogen (secondary N) is 3. The molecule has 0 aliphatic carbocycles. The summed E-state index contributed by atoms with van der Waals surface area (Å²) in [6, 6.07) is 0. The second-order valence-electron chi connectivity index (χ2n) is 4.68. The number of aromatic nitrogens is 2. The lowest BCUT2D eigenvalue weighted by Gasteiger charge is -2.34. The fourth-order valence-electron chi connectivity index (χ4n) is 1.98. The van der Waals surface area contributed by atoms with Gasteiger partial charge >= 0.3 is 0 Å². The van der Waals surface area contributed by atoms with Gasteiger partial charge < -0.3 is 15.6 Å². The van der Waals surface area contributed by atoms with Crippen LogP contribution in [0.15, 0.2) is 17.2 Å². The summed E-state index contributed by atoms with van der Waals surface area (Å²) in [5.74, 6) is 0.419. The predicted molar refractivity (Wildman–Crippen MR) is 63.6 cm³/mol. The molecule has 1 aliphatic heterocycles. The van der Waals surface area contributed by atoms with Gasteiger partial charge in [-0.3, -0.25) is 4.79 Å². The van der Waals surface area contributed by atoms with E-state index in [2.05, 4.69) is 27.5 Å². The summed E-state index contributed by atoms with van der Waals surface area (Å²) in [4.78, 5) is 18.0. The highest BCUT2D eigenvalue weighted by Gasteiger charge is 2.26. The summed E-state index contributed by atoms with van der Waals surface area (Å²) >= 11 is 0. The normalized spacial score (nSPS) is 19.3. The second-order valence-corrected chi connectivity index (χ2v) is 4.68. The Kier molecular flexibility index (Phi) is 3.24. The Labute approximate surface area is 94.7 Å². The number of H-pyrrole nitrogens is 1. The van der Waals surface area contributed by atoms with Crippen molar-refractivity contribution in [2.24, 2.45) is 5.41 Å². The molecule has 1 saturated heterocycles. The van der Waals surface area contributed by atoms with Gasteiger partial charge in [-0.15, -0.1) is 0 Å². The van der Waals surface area contributed by atoms with Crippen molar-refractivity contribution in [3.8, 4) is 0 Å². The van der Waals surface area contributed by atoms with Gasteiger partial charge in [-0.05, 0) is 31.3 Å². The van der Waals surface area contributed by atoms with Crippen molar-refractivity contribution >= 4 is 5.82 Å². The van der Waals surface area contributed by atoms with Crippen molar-refractivity contribution in [3.63, 3.8) is 0 Å². The Morgan fingerprint density at radius 2 is 2.25 bits per heavy atom. The van der Waals surface area contributed by atoms with Gasteiger partial charge in [0.1, 0.15) is 0 Å². The summed E-state index contributed by atoms with van der Waals surface area (Å²) in [7, 11) is 0. The number of hydrogen-bond donors (Lipinski definition) is 3. The molecule has 0 atom stereocenters. The molecule has 16 heavy (non-hydrogen) atoms. The van der Waals surface area contributed by atoms with E-state index >= 15 is 0 Å². The summed E-state index contributed by atoms with van der Waals surface area (Å²) in [5, 5.41) is 6.48. The first-order valence-corrected chi connectivity index (χ1v) is 5.68. The van der Waals surface area contributed by atoms with E-state index in [-0.39, 0.29) is 11.0 Å². The number of aromatic amines is 1. The van der Waals surface area contributed by atoms with Crippen molar-refractivity contribution in [2.75, 3.05) is 25.0 Å². The molecule has 2 heterocycles. The van der Waals surface area contributed by atoms with E-state index in [1.807, 2.05) is 0 Å². The lowest BCUT2D eigenvalue weighted by Crippen LogP contribution is -2.39. The summed E-state index contributed by atoms with van der Waals surface area (Å²) in [5.41, 5.74) is 0.106. The number of rotatable bonds is 3. The highest BCUT2D eigenvalue weighted by atomic mass is 16.1. The van der Waals surface area contributed by atoms with E-state index in [0.717, 1.165) is 32.5 Å². The van der Waals surface area contributed by atoms with E-state index in [1.165, 1.54) is 0 Å². The highest BCUT2D eigenvalue weighted by Crippen LogP contribution is 2.27. The molecule has 0 bridgehead atoms. The van der Waals surface area contributed by atoms with Crippen molar-refractivity contribution in [2.45, 2.75) is 19.8 Å². The minimum absolute atomic E-state index is 0.153. The first-order valence-electron chi connectivity index (χ1n) is 5.68. The predicted octanol–water partition coefficient (Wildman–Crippen LogP) is 0.571. The van der Waals surface area contributed by atoms with Gasteiger partial charge in [-0.2, -0.15) is 0 Å². The van der Waals surface area contributed by atoms with Crippen LogP contribution in [0.4, 0.5) is 5.82 Å². The highest BCUT2D eigenvalue weighted by molar-refractivity contribution is 5.30. The monoisotopic (exact) mass is 222 g/mol. The van der Waals surface area contributed by atoms with Crippen LogP contribution in [0.5, 0.6) is 0 Å². The average molecular weight is 222 g/mol. The van der Waals surface area contributed by atoms with E-state index < -0.39 is 0 Å². The molecule has 88 valence electrons. The standard InChI is InChI=1S/C11H18N4O/c1-11(2-4-12-5-3-11)8-15-9-10(16)14-7-6-13-9/h6-7,12H,2-5,8H2,1H3,(H,13,15)(H,14,16). The van der Waals surface area contributed by atoms with Crippen LogP contribution in [0, 0.1) is 5.41 Å². The van der Waals surface area contributed by atoms with Crippen molar-refractivity contribution < 1.29 is 0 Å². The van der Waals surface area contributed by atoms with Gasteiger partial charge in [0.15, 0.2) is 5.82 Å². The lowest BCUT2D eigenvalue weighted by atomic mass is 9.81. The maximum atomic E-state index is 11.4. The van der Waals surface area contributed by atoms with Gasteiger partial charge in [-0.1, -0.05) is 6.92 Å². The Balaban J connectivity index is 1.96. The number of hydrogen-bond acceptors (Lipinski definition) is 4.